The smallest absolute Gasteiger partial charge is 0.255 e. The first-order valence-corrected chi connectivity index (χ1v) is 6.32. The molecule has 0 bridgehead atoms. The van der Waals surface area contributed by atoms with Gasteiger partial charge in [-0.2, -0.15) is 0 Å². The van der Waals surface area contributed by atoms with Gasteiger partial charge in [0.25, 0.3) is 5.91 Å². The number of para-hydroxylation sites is 2. The van der Waals surface area contributed by atoms with Crippen molar-refractivity contribution in [2.75, 3.05) is 18.9 Å². The van der Waals surface area contributed by atoms with Crippen LogP contribution in [0.25, 0.3) is 0 Å². The third kappa shape index (κ3) is 3.85. The minimum Gasteiger partial charge on any atom is -0.507 e. The van der Waals surface area contributed by atoms with E-state index in [0.29, 0.717) is 11.4 Å². The van der Waals surface area contributed by atoms with Crippen LogP contribution in [0.3, 0.4) is 0 Å². The van der Waals surface area contributed by atoms with Crippen LogP contribution in [0.15, 0.2) is 42.5 Å². The molecule has 4 N–H and O–H groups in total. The summed E-state index contributed by atoms with van der Waals surface area (Å²) in [5.74, 6) is -0.912. The Balaban J connectivity index is 1.85. The quantitative estimate of drug-likeness (QED) is 0.580. The highest BCUT2D eigenvalue weighted by atomic mass is 19.1. The summed E-state index contributed by atoms with van der Waals surface area (Å²) < 4.78 is 18.4. The zero-order valence-electron chi connectivity index (χ0n) is 11.2. The van der Waals surface area contributed by atoms with Crippen LogP contribution in [-0.4, -0.2) is 24.2 Å². The van der Waals surface area contributed by atoms with Gasteiger partial charge in [-0.15, -0.1) is 0 Å². The summed E-state index contributed by atoms with van der Waals surface area (Å²) in [6, 6.07) is 10.2. The zero-order chi connectivity index (χ0) is 15.2. The average Bonchev–Trinajstić information content (AvgIpc) is 2.47. The molecule has 1 amide bonds. The monoisotopic (exact) mass is 290 g/mol. The Morgan fingerprint density at radius 2 is 2.05 bits per heavy atom. The fourth-order valence-corrected chi connectivity index (χ4v) is 1.72. The fourth-order valence-electron chi connectivity index (χ4n) is 1.72. The van der Waals surface area contributed by atoms with Gasteiger partial charge in [-0.25, -0.2) is 4.39 Å². The molecule has 2 rings (SSSR count). The Kier molecular flexibility index (Phi) is 4.61. The molecule has 21 heavy (non-hydrogen) atoms. The number of amides is 1. The van der Waals surface area contributed by atoms with Crippen LogP contribution in [-0.2, 0) is 0 Å². The molecule has 0 saturated heterocycles. The van der Waals surface area contributed by atoms with Crippen LogP contribution in [0, 0.1) is 5.82 Å². The van der Waals surface area contributed by atoms with Crippen molar-refractivity contribution >= 4 is 11.6 Å². The molecule has 0 spiro atoms. The molecule has 0 aromatic heterocycles. The molecular formula is C15H15FN2O3. The Hall–Kier alpha value is -2.76. The van der Waals surface area contributed by atoms with Crippen LogP contribution >= 0.6 is 0 Å². The average molecular weight is 290 g/mol. The van der Waals surface area contributed by atoms with E-state index in [-0.39, 0.29) is 24.5 Å². The molecule has 5 nitrogen and oxygen atoms in total. The number of aromatic hydroxyl groups is 1. The van der Waals surface area contributed by atoms with Gasteiger partial charge in [0.05, 0.1) is 17.8 Å². The van der Waals surface area contributed by atoms with Crippen LogP contribution in [0.5, 0.6) is 11.5 Å². The topological polar surface area (TPSA) is 84.6 Å². The highest BCUT2D eigenvalue weighted by Gasteiger charge is 2.11. The van der Waals surface area contributed by atoms with E-state index in [0.717, 1.165) is 18.2 Å². The SMILES string of the molecule is Nc1ccccc1OCCNC(=O)c1cc(F)ccc1O. The summed E-state index contributed by atoms with van der Waals surface area (Å²) in [5.41, 5.74) is 6.09. The number of carbonyl (C=O) groups excluding carboxylic acids is 1. The van der Waals surface area contributed by atoms with Gasteiger partial charge < -0.3 is 20.9 Å². The van der Waals surface area contributed by atoms with E-state index in [4.69, 9.17) is 10.5 Å². The van der Waals surface area contributed by atoms with Gasteiger partial charge in [-0.05, 0) is 30.3 Å². The third-order valence-corrected chi connectivity index (χ3v) is 2.77. The van der Waals surface area contributed by atoms with Crippen molar-refractivity contribution < 1.29 is 19.0 Å². The van der Waals surface area contributed by atoms with Crippen LogP contribution in [0.1, 0.15) is 10.4 Å². The standard InChI is InChI=1S/C15H15FN2O3/c16-10-5-6-13(19)11(9-10)15(20)18-7-8-21-14-4-2-1-3-12(14)17/h1-6,9,19H,7-8,17H2,(H,18,20). The number of hydrogen-bond acceptors (Lipinski definition) is 4. The van der Waals surface area contributed by atoms with Crippen LogP contribution in [0.2, 0.25) is 0 Å². The predicted molar refractivity (Wildman–Crippen MR) is 76.7 cm³/mol. The molecule has 0 aliphatic heterocycles. The van der Waals surface area contributed by atoms with E-state index in [9.17, 15) is 14.3 Å². The van der Waals surface area contributed by atoms with Crippen molar-refractivity contribution in [1.82, 2.24) is 5.32 Å². The van der Waals surface area contributed by atoms with E-state index in [1.54, 1.807) is 24.3 Å². The summed E-state index contributed by atoms with van der Waals surface area (Å²) in [5, 5.41) is 12.0. The summed E-state index contributed by atoms with van der Waals surface area (Å²) >= 11 is 0. The first-order chi connectivity index (χ1) is 10.1. The van der Waals surface area contributed by atoms with Gasteiger partial charge in [-0.3, -0.25) is 4.79 Å². The van der Waals surface area contributed by atoms with Crippen molar-refractivity contribution in [3.05, 3.63) is 53.8 Å². The van der Waals surface area contributed by atoms with Gasteiger partial charge in [0.15, 0.2) is 0 Å². The molecule has 0 heterocycles. The highest BCUT2D eigenvalue weighted by Crippen LogP contribution is 2.19. The van der Waals surface area contributed by atoms with Crippen molar-refractivity contribution in [3.8, 4) is 11.5 Å². The third-order valence-electron chi connectivity index (χ3n) is 2.77. The number of phenolic OH excluding ortho intramolecular Hbond substituents is 1. The first kappa shape index (κ1) is 14.6. The zero-order valence-corrected chi connectivity index (χ0v) is 11.2. The number of hydrogen-bond donors (Lipinski definition) is 3. The number of benzene rings is 2. The minimum atomic E-state index is -0.591. The number of anilines is 1. The summed E-state index contributed by atoms with van der Waals surface area (Å²) in [4.78, 5) is 11.8. The number of ether oxygens (including phenoxy) is 1. The number of nitrogen functional groups attached to an aromatic ring is 1. The normalized spacial score (nSPS) is 10.1. The molecule has 110 valence electrons. The molecule has 6 heteroatoms. The Labute approximate surface area is 121 Å². The predicted octanol–water partition coefficient (Wildman–Crippen LogP) is 1.92. The summed E-state index contributed by atoms with van der Waals surface area (Å²) in [6.45, 7) is 0.402. The van der Waals surface area contributed by atoms with Gasteiger partial charge in [0.2, 0.25) is 0 Å². The largest absolute Gasteiger partial charge is 0.507 e. The van der Waals surface area contributed by atoms with Crippen molar-refractivity contribution in [3.63, 3.8) is 0 Å². The number of carbonyl (C=O) groups is 1. The lowest BCUT2D eigenvalue weighted by Crippen LogP contribution is -2.28. The lowest BCUT2D eigenvalue weighted by atomic mass is 10.2. The van der Waals surface area contributed by atoms with E-state index >= 15 is 0 Å². The Bertz CT molecular complexity index is 647. The number of phenols is 1. The number of rotatable bonds is 5. The molecule has 2 aromatic carbocycles. The number of halogens is 1. The van der Waals surface area contributed by atoms with Gasteiger partial charge in [0, 0.05) is 0 Å². The van der Waals surface area contributed by atoms with Crippen molar-refractivity contribution in [1.29, 1.82) is 0 Å². The van der Waals surface area contributed by atoms with Gasteiger partial charge in [-0.1, -0.05) is 12.1 Å². The van der Waals surface area contributed by atoms with E-state index in [1.807, 2.05) is 0 Å². The summed E-state index contributed by atoms with van der Waals surface area (Å²) in [6.07, 6.45) is 0. The minimum absolute atomic E-state index is 0.116. The molecule has 0 radical (unpaired) electrons. The maximum Gasteiger partial charge on any atom is 0.255 e. The number of nitrogens with two attached hydrogens (primary N) is 1. The van der Waals surface area contributed by atoms with Gasteiger partial charge >= 0.3 is 0 Å². The second-order valence-electron chi connectivity index (χ2n) is 4.30. The summed E-state index contributed by atoms with van der Waals surface area (Å²) in [7, 11) is 0. The molecule has 0 aliphatic carbocycles. The molecule has 0 aliphatic rings. The lowest BCUT2D eigenvalue weighted by molar-refractivity contribution is 0.0944. The number of nitrogens with one attached hydrogen (secondary N) is 1. The molecule has 2 aromatic rings. The first-order valence-electron chi connectivity index (χ1n) is 6.32. The van der Waals surface area contributed by atoms with E-state index in [2.05, 4.69) is 5.32 Å². The van der Waals surface area contributed by atoms with E-state index < -0.39 is 11.7 Å². The molecule has 0 atom stereocenters. The highest BCUT2D eigenvalue weighted by molar-refractivity contribution is 5.96. The maximum atomic E-state index is 13.0. The van der Waals surface area contributed by atoms with Crippen molar-refractivity contribution in [2.45, 2.75) is 0 Å². The Morgan fingerprint density at radius 3 is 2.81 bits per heavy atom. The Morgan fingerprint density at radius 1 is 1.29 bits per heavy atom. The molecule has 0 saturated carbocycles. The van der Waals surface area contributed by atoms with Crippen LogP contribution < -0.4 is 15.8 Å². The second-order valence-corrected chi connectivity index (χ2v) is 4.30. The fraction of sp³-hybridized carbons (Fsp3) is 0.133. The molecule has 0 fully saturated rings. The molecule has 0 unspecified atom stereocenters. The van der Waals surface area contributed by atoms with E-state index in [1.165, 1.54) is 0 Å². The maximum absolute atomic E-state index is 13.0. The van der Waals surface area contributed by atoms with Gasteiger partial charge in [0.1, 0.15) is 23.9 Å². The van der Waals surface area contributed by atoms with Crippen LogP contribution in [0.4, 0.5) is 10.1 Å². The van der Waals surface area contributed by atoms with Crippen molar-refractivity contribution in [2.24, 2.45) is 0 Å². The molecular weight excluding hydrogens is 275 g/mol. The second kappa shape index (κ2) is 6.60. The lowest BCUT2D eigenvalue weighted by Gasteiger charge is -2.10.